The topological polar surface area (TPSA) is 99.8 Å². The van der Waals surface area contributed by atoms with Crippen LogP contribution in [-0.4, -0.2) is 55.0 Å². The van der Waals surface area contributed by atoms with Crippen molar-refractivity contribution in [1.82, 2.24) is 15.5 Å². The van der Waals surface area contributed by atoms with Gasteiger partial charge in [-0.15, -0.1) is 0 Å². The molecular weight excluding hydrogens is 336 g/mol. The lowest BCUT2D eigenvalue weighted by Gasteiger charge is -2.23. The maximum Gasteiger partial charge on any atom is 0.321 e. The number of nitrogens with one attached hydrogen (secondary N) is 3. The smallest absolute Gasteiger partial charge is 0.321 e. The molecular formula is C18H24N4O4. The van der Waals surface area contributed by atoms with Crippen molar-refractivity contribution in [1.29, 1.82) is 0 Å². The third-order valence-electron chi connectivity index (χ3n) is 4.54. The lowest BCUT2D eigenvalue weighted by Crippen LogP contribution is -2.48. The normalized spacial score (nSPS) is 19.7. The molecule has 8 heteroatoms. The summed E-state index contributed by atoms with van der Waals surface area (Å²) in [5.74, 6) is 0.168. The molecule has 1 aromatic rings. The third-order valence-corrected chi connectivity index (χ3v) is 4.54. The molecule has 1 aliphatic carbocycles. The number of hydrogen-bond donors (Lipinski definition) is 3. The second-order valence-electron chi connectivity index (χ2n) is 6.64. The molecule has 0 unspecified atom stereocenters. The zero-order valence-corrected chi connectivity index (χ0v) is 14.8. The van der Waals surface area contributed by atoms with Gasteiger partial charge in [0.05, 0.1) is 19.7 Å². The van der Waals surface area contributed by atoms with Gasteiger partial charge in [-0.3, -0.25) is 19.8 Å². The Morgan fingerprint density at radius 2 is 1.88 bits per heavy atom. The number of likely N-dealkylation sites (tertiary alicyclic amines) is 1. The number of benzene rings is 1. The van der Waals surface area contributed by atoms with Crippen molar-refractivity contribution in [3.05, 3.63) is 24.3 Å². The number of amides is 4. The highest BCUT2D eigenvalue weighted by atomic mass is 16.5. The number of imide groups is 1. The Kier molecular flexibility index (Phi) is 5.72. The molecule has 0 bridgehead atoms. The Hall–Kier alpha value is -2.61. The highest BCUT2D eigenvalue weighted by Crippen LogP contribution is 2.20. The maximum atomic E-state index is 12.5. The van der Waals surface area contributed by atoms with Crippen LogP contribution in [0.5, 0.6) is 5.75 Å². The molecule has 1 atom stereocenters. The summed E-state index contributed by atoms with van der Waals surface area (Å²) >= 11 is 0. The maximum absolute atomic E-state index is 12.5. The molecule has 1 heterocycles. The van der Waals surface area contributed by atoms with Crippen molar-refractivity contribution in [2.75, 3.05) is 25.5 Å². The predicted molar refractivity (Wildman–Crippen MR) is 95.9 cm³/mol. The monoisotopic (exact) mass is 360 g/mol. The number of hydrogen-bond acceptors (Lipinski definition) is 5. The average Bonchev–Trinajstić information content (AvgIpc) is 3.30. The van der Waals surface area contributed by atoms with Crippen LogP contribution >= 0.6 is 0 Å². The van der Waals surface area contributed by atoms with Crippen molar-refractivity contribution in [3.63, 3.8) is 0 Å². The summed E-state index contributed by atoms with van der Waals surface area (Å²) in [7, 11) is 1.58. The van der Waals surface area contributed by atoms with Crippen LogP contribution in [0.2, 0.25) is 0 Å². The standard InChI is InChI=1S/C18H24N4O4/c1-26-14-8-6-12(7-9-14)19-17(24)15-3-2-10-22(15)11-16(23)21-18(25)20-13-4-5-13/h6-9,13,15H,2-5,10-11H2,1H3,(H,19,24)(H2,20,21,23,25)/t15-/m0/s1. The van der Waals surface area contributed by atoms with E-state index in [-0.39, 0.29) is 24.5 Å². The van der Waals surface area contributed by atoms with Crippen molar-refractivity contribution in [3.8, 4) is 5.75 Å². The Morgan fingerprint density at radius 1 is 1.15 bits per heavy atom. The SMILES string of the molecule is COc1ccc(NC(=O)[C@@H]2CCCN2CC(=O)NC(=O)NC2CC2)cc1. The number of nitrogens with zero attached hydrogens (tertiary/aromatic N) is 1. The van der Waals surface area contributed by atoms with Gasteiger partial charge in [0, 0.05) is 11.7 Å². The summed E-state index contributed by atoms with van der Waals surface area (Å²) in [6, 6.07) is 6.43. The molecule has 1 saturated heterocycles. The first-order valence-corrected chi connectivity index (χ1v) is 8.84. The van der Waals surface area contributed by atoms with E-state index in [1.165, 1.54) is 0 Å². The number of anilines is 1. The molecule has 2 aliphatic rings. The van der Waals surface area contributed by atoms with E-state index in [9.17, 15) is 14.4 Å². The second-order valence-corrected chi connectivity index (χ2v) is 6.64. The lowest BCUT2D eigenvalue weighted by atomic mass is 10.2. The average molecular weight is 360 g/mol. The zero-order chi connectivity index (χ0) is 18.5. The summed E-state index contributed by atoms with van der Waals surface area (Å²) < 4.78 is 5.10. The summed E-state index contributed by atoms with van der Waals surface area (Å²) in [5.41, 5.74) is 0.677. The van der Waals surface area contributed by atoms with Crippen molar-refractivity contribution >= 4 is 23.5 Å². The molecule has 3 rings (SSSR count). The zero-order valence-electron chi connectivity index (χ0n) is 14.8. The minimum absolute atomic E-state index is 0.0266. The number of carbonyl (C=O) groups is 3. The van der Waals surface area contributed by atoms with E-state index in [0.717, 1.165) is 19.3 Å². The van der Waals surface area contributed by atoms with Gasteiger partial charge in [-0.1, -0.05) is 0 Å². The molecule has 0 aromatic heterocycles. The Morgan fingerprint density at radius 3 is 2.54 bits per heavy atom. The van der Waals surface area contributed by atoms with Gasteiger partial charge in [0.25, 0.3) is 0 Å². The predicted octanol–water partition coefficient (Wildman–Crippen LogP) is 1.09. The molecule has 3 N–H and O–H groups in total. The van der Waals surface area contributed by atoms with Gasteiger partial charge in [0.15, 0.2) is 0 Å². The molecule has 0 spiro atoms. The van der Waals surface area contributed by atoms with Crippen molar-refractivity contribution in [2.45, 2.75) is 37.8 Å². The van der Waals surface area contributed by atoms with Gasteiger partial charge in [0.2, 0.25) is 11.8 Å². The molecule has 26 heavy (non-hydrogen) atoms. The minimum atomic E-state index is -0.462. The van der Waals surface area contributed by atoms with E-state index < -0.39 is 11.9 Å². The molecule has 1 saturated carbocycles. The highest BCUT2D eigenvalue weighted by molar-refractivity contribution is 5.97. The number of ether oxygens (including phenoxy) is 1. The van der Waals surface area contributed by atoms with E-state index in [2.05, 4.69) is 16.0 Å². The molecule has 0 radical (unpaired) electrons. The van der Waals surface area contributed by atoms with Gasteiger partial charge in [-0.2, -0.15) is 0 Å². The molecule has 2 fully saturated rings. The second kappa shape index (κ2) is 8.18. The summed E-state index contributed by atoms with van der Waals surface area (Å²) in [6.45, 7) is 0.678. The van der Waals surface area contributed by atoms with E-state index >= 15 is 0 Å². The molecule has 140 valence electrons. The Balaban J connectivity index is 1.50. The van der Waals surface area contributed by atoms with Crippen LogP contribution in [0.1, 0.15) is 25.7 Å². The first kappa shape index (κ1) is 18.2. The molecule has 4 amide bonds. The number of carbonyl (C=O) groups excluding carboxylic acids is 3. The Bertz CT molecular complexity index is 672. The first-order valence-electron chi connectivity index (χ1n) is 8.84. The van der Waals surface area contributed by atoms with E-state index in [1.807, 2.05) is 0 Å². The fourth-order valence-corrected chi connectivity index (χ4v) is 3.01. The molecule has 1 aliphatic heterocycles. The lowest BCUT2D eigenvalue weighted by molar-refractivity contribution is -0.124. The van der Waals surface area contributed by atoms with E-state index in [0.29, 0.717) is 24.4 Å². The van der Waals surface area contributed by atoms with E-state index in [4.69, 9.17) is 4.74 Å². The number of urea groups is 1. The minimum Gasteiger partial charge on any atom is -0.497 e. The van der Waals surface area contributed by atoms with Crippen LogP contribution in [0, 0.1) is 0 Å². The summed E-state index contributed by atoms with van der Waals surface area (Å²) in [5, 5.41) is 7.90. The first-order chi connectivity index (χ1) is 12.5. The third kappa shape index (κ3) is 4.95. The van der Waals surface area contributed by atoms with Crippen LogP contribution in [0.3, 0.4) is 0 Å². The van der Waals surface area contributed by atoms with Crippen LogP contribution in [0.4, 0.5) is 10.5 Å². The van der Waals surface area contributed by atoms with Gasteiger partial charge in [-0.25, -0.2) is 4.79 Å². The fourth-order valence-electron chi connectivity index (χ4n) is 3.01. The van der Waals surface area contributed by atoms with E-state index in [1.54, 1.807) is 36.3 Å². The van der Waals surface area contributed by atoms with Crippen LogP contribution in [-0.2, 0) is 9.59 Å². The quantitative estimate of drug-likeness (QED) is 0.705. The van der Waals surface area contributed by atoms with Crippen molar-refractivity contribution in [2.24, 2.45) is 0 Å². The summed E-state index contributed by atoms with van der Waals surface area (Å²) in [4.78, 5) is 38.0. The number of rotatable bonds is 6. The largest absolute Gasteiger partial charge is 0.497 e. The van der Waals surface area contributed by atoms with Crippen LogP contribution in [0.15, 0.2) is 24.3 Å². The van der Waals surface area contributed by atoms with Gasteiger partial charge < -0.3 is 15.4 Å². The molecule has 8 nitrogen and oxygen atoms in total. The Labute approximate surface area is 152 Å². The molecule has 1 aromatic carbocycles. The van der Waals surface area contributed by atoms with Gasteiger partial charge >= 0.3 is 6.03 Å². The highest BCUT2D eigenvalue weighted by Gasteiger charge is 2.32. The fraction of sp³-hybridized carbons (Fsp3) is 0.500. The summed E-state index contributed by atoms with van der Waals surface area (Å²) in [6.07, 6.45) is 3.44. The van der Waals surface area contributed by atoms with Crippen LogP contribution in [0.25, 0.3) is 0 Å². The van der Waals surface area contributed by atoms with Crippen molar-refractivity contribution < 1.29 is 19.1 Å². The number of methoxy groups -OCH3 is 1. The van der Waals surface area contributed by atoms with Gasteiger partial charge in [0.1, 0.15) is 5.75 Å². The van der Waals surface area contributed by atoms with Crippen LogP contribution < -0.4 is 20.7 Å². The van der Waals surface area contributed by atoms with Gasteiger partial charge in [-0.05, 0) is 56.5 Å².